The molecule has 1 aromatic heterocycles. The number of fused-ring (bicyclic) bond motifs is 1. The van der Waals surface area contributed by atoms with E-state index in [2.05, 4.69) is 16.4 Å². The normalized spacial score (nSPS) is 10.7. The first kappa shape index (κ1) is 22.6. The van der Waals surface area contributed by atoms with Crippen LogP contribution in [0.25, 0.3) is 16.6 Å². The fourth-order valence-electron chi connectivity index (χ4n) is 3.30. The molecule has 0 radical (unpaired) electrons. The second-order valence-corrected chi connectivity index (χ2v) is 8.60. The molecule has 0 atom stereocenters. The number of hydrogen-bond acceptors (Lipinski definition) is 5. The first-order chi connectivity index (χ1) is 16.0. The first-order valence-electron chi connectivity index (χ1n) is 10.2. The van der Waals surface area contributed by atoms with Crippen molar-refractivity contribution in [1.82, 2.24) is 14.9 Å². The van der Waals surface area contributed by atoms with E-state index < -0.39 is 0 Å². The third kappa shape index (κ3) is 5.43. The SMILES string of the molecule is N#Cc1ccc(-n2c(SCC(=O)NCCc3ccc(Cl)cc3)nc3ccccc3c2=O)cc1. The molecule has 0 aliphatic rings. The Morgan fingerprint density at radius 3 is 2.52 bits per heavy atom. The molecular formula is C25H19ClN4O2S. The van der Waals surface area contributed by atoms with Gasteiger partial charge in [-0.15, -0.1) is 0 Å². The highest BCUT2D eigenvalue weighted by Gasteiger charge is 2.15. The number of carbonyl (C=O) groups excluding carboxylic acids is 1. The van der Waals surface area contributed by atoms with Crippen LogP contribution in [0.5, 0.6) is 0 Å². The standard InChI is InChI=1S/C25H19ClN4O2S/c26-19-9-5-17(6-10-19)13-14-28-23(31)16-33-25-29-22-4-2-1-3-21(22)24(32)30(25)20-11-7-18(15-27)8-12-20/h1-12H,13-14,16H2,(H,28,31). The quantitative estimate of drug-likeness (QED) is 0.317. The monoisotopic (exact) mass is 474 g/mol. The molecule has 1 N–H and O–H groups in total. The second kappa shape index (κ2) is 10.3. The van der Waals surface area contributed by atoms with E-state index in [0.717, 1.165) is 5.56 Å². The minimum absolute atomic E-state index is 0.113. The van der Waals surface area contributed by atoms with Crippen LogP contribution >= 0.6 is 23.4 Å². The molecule has 1 heterocycles. The Morgan fingerprint density at radius 2 is 1.79 bits per heavy atom. The lowest BCUT2D eigenvalue weighted by molar-refractivity contribution is -0.118. The van der Waals surface area contributed by atoms with Crippen LogP contribution in [0.3, 0.4) is 0 Å². The van der Waals surface area contributed by atoms with E-state index in [1.54, 1.807) is 42.5 Å². The number of carbonyl (C=O) groups is 1. The van der Waals surface area contributed by atoms with Crippen molar-refractivity contribution < 1.29 is 4.79 Å². The average molecular weight is 475 g/mol. The molecule has 0 aliphatic carbocycles. The third-order valence-electron chi connectivity index (χ3n) is 4.98. The largest absolute Gasteiger partial charge is 0.355 e. The minimum Gasteiger partial charge on any atom is -0.355 e. The molecule has 0 fully saturated rings. The number of nitrogens with one attached hydrogen (secondary N) is 1. The van der Waals surface area contributed by atoms with Crippen LogP contribution in [-0.4, -0.2) is 27.8 Å². The van der Waals surface area contributed by atoms with Crippen molar-refractivity contribution >= 4 is 40.2 Å². The van der Waals surface area contributed by atoms with Crippen LogP contribution in [0, 0.1) is 11.3 Å². The summed E-state index contributed by atoms with van der Waals surface area (Å²) in [6.45, 7) is 0.495. The molecular weight excluding hydrogens is 456 g/mol. The predicted octanol–water partition coefficient (Wildman–Crippen LogP) is 4.36. The van der Waals surface area contributed by atoms with Crippen molar-refractivity contribution in [3.8, 4) is 11.8 Å². The highest BCUT2D eigenvalue weighted by molar-refractivity contribution is 7.99. The molecule has 0 saturated carbocycles. The lowest BCUT2D eigenvalue weighted by Gasteiger charge is -2.13. The van der Waals surface area contributed by atoms with Crippen LogP contribution in [0.4, 0.5) is 0 Å². The van der Waals surface area contributed by atoms with E-state index in [-0.39, 0.29) is 17.2 Å². The van der Waals surface area contributed by atoms with Gasteiger partial charge in [-0.2, -0.15) is 5.26 Å². The van der Waals surface area contributed by atoms with Gasteiger partial charge in [-0.3, -0.25) is 14.2 Å². The van der Waals surface area contributed by atoms with Gasteiger partial charge in [-0.1, -0.05) is 47.6 Å². The number of hydrogen-bond donors (Lipinski definition) is 1. The fourth-order valence-corrected chi connectivity index (χ4v) is 4.27. The molecule has 8 heteroatoms. The van der Waals surface area contributed by atoms with Crippen LogP contribution in [0.2, 0.25) is 5.02 Å². The second-order valence-electron chi connectivity index (χ2n) is 7.23. The maximum absolute atomic E-state index is 13.2. The van der Waals surface area contributed by atoms with Gasteiger partial charge < -0.3 is 5.32 Å². The number of nitrogens with zero attached hydrogens (tertiary/aromatic N) is 3. The molecule has 33 heavy (non-hydrogen) atoms. The Bertz CT molecular complexity index is 1390. The topological polar surface area (TPSA) is 87.8 Å². The molecule has 0 spiro atoms. The van der Waals surface area contributed by atoms with Crippen molar-refractivity contribution in [2.45, 2.75) is 11.6 Å². The van der Waals surface area contributed by atoms with E-state index in [1.165, 1.54) is 16.3 Å². The van der Waals surface area contributed by atoms with Gasteiger partial charge in [0.2, 0.25) is 5.91 Å². The molecule has 0 aliphatic heterocycles. The highest BCUT2D eigenvalue weighted by atomic mass is 35.5. The summed E-state index contributed by atoms with van der Waals surface area (Å²) in [6, 6.07) is 23.4. The smallest absolute Gasteiger partial charge is 0.266 e. The molecule has 6 nitrogen and oxygen atoms in total. The number of amides is 1. The molecule has 1 amide bonds. The van der Waals surface area contributed by atoms with Gasteiger partial charge in [0.25, 0.3) is 5.56 Å². The van der Waals surface area contributed by atoms with Crippen molar-refractivity contribution in [1.29, 1.82) is 5.26 Å². The van der Waals surface area contributed by atoms with Crippen LogP contribution in [-0.2, 0) is 11.2 Å². The Hall–Kier alpha value is -3.60. The third-order valence-corrected chi connectivity index (χ3v) is 6.17. The van der Waals surface area contributed by atoms with Crippen molar-refractivity contribution in [2.75, 3.05) is 12.3 Å². The molecule has 0 bridgehead atoms. The maximum Gasteiger partial charge on any atom is 0.266 e. The summed E-state index contributed by atoms with van der Waals surface area (Å²) >= 11 is 7.09. The molecule has 0 unspecified atom stereocenters. The van der Waals surface area contributed by atoms with E-state index in [1.807, 2.05) is 30.3 Å². The van der Waals surface area contributed by atoms with Crippen LogP contribution < -0.4 is 10.9 Å². The van der Waals surface area contributed by atoms with Gasteiger partial charge in [0, 0.05) is 11.6 Å². The Balaban J connectivity index is 1.52. The summed E-state index contributed by atoms with van der Waals surface area (Å²) in [5.41, 5.74) is 2.50. The highest BCUT2D eigenvalue weighted by Crippen LogP contribution is 2.21. The number of benzene rings is 3. The summed E-state index contributed by atoms with van der Waals surface area (Å²) in [4.78, 5) is 30.3. The summed E-state index contributed by atoms with van der Waals surface area (Å²) in [7, 11) is 0. The molecule has 164 valence electrons. The molecule has 4 rings (SSSR count). The zero-order valence-corrected chi connectivity index (χ0v) is 19.1. The lowest BCUT2D eigenvalue weighted by Crippen LogP contribution is -2.28. The summed E-state index contributed by atoms with van der Waals surface area (Å²) in [6.07, 6.45) is 0.692. The maximum atomic E-state index is 13.2. The van der Waals surface area contributed by atoms with E-state index in [9.17, 15) is 9.59 Å². The summed E-state index contributed by atoms with van der Waals surface area (Å²) in [5.74, 6) is -0.0375. The Labute approximate surface area is 199 Å². The molecule has 4 aromatic rings. The van der Waals surface area contributed by atoms with Gasteiger partial charge in [-0.25, -0.2) is 4.98 Å². The summed E-state index contributed by atoms with van der Waals surface area (Å²) in [5, 5.41) is 13.5. The predicted molar refractivity (Wildman–Crippen MR) is 131 cm³/mol. The number of nitriles is 1. The van der Waals surface area contributed by atoms with Crippen LogP contribution in [0.15, 0.2) is 82.7 Å². The first-order valence-corrected chi connectivity index (χ1v) is 11.6. The fraction of sp³-hybridized carbons (Fsp3) is 0.120. The van der Waals surface area contributed by atoms with E-state index >= 15 is 0 Å². The molecule has 3 aromatic carbocycles. The van der Waals surface area contributed by atoms with Gasteiger partial charge in [0.1, 0.15) is 0 Å². The van der Waals surface area contributed by atoms with Crippen molar-refractivity contribution in [3.63, 3.8) is 0 Å². The zero-order valence-electron chi connectivity index (χ0n) is 17.5. The Kier molecular flexibility index (Phi) is 7.08. The minimum atomic E-state index is -0.226. The van der Waals surface area contributed by atoms with Crippen molar-refractivity contribution in [2.24, 2.45) is 0 Å². The van der Waals surface area contributed by atoms with E-state index in [4.69, 9.17) is 16.9 Å². The molecule has 0 saturated heterocycles. The number of aromatic nitrogens is 2. The van der Waals surface area contributed by atoms with Gasteiger partial charge in [0.15, 0.2) is 5.16 Å². The van der Waals surface area contributed by atoms with E-state index in [0.29, 0.717) is 45.3 Å². The van der Waals surface area contributed by atoms with Gasteiger partial charge in [-0.05, 0) is 60.5 Å². The van der Waals surface area contributed by atoms with Crippen LogP contribution in [0.1, 0.15) is 11.1 Å². The van der Waals surface area contributed by atoms with Gasteiger partial charge >= 0.3 is 0 Å². The van der Waals surface area contributed by atoms with Gasteiger partial charge in [0.05, 0.1) is 34.0 Å². The number of para-hydroxylation sites is 1. The number of rotatable bonds is 7. The Morgan fingerprint density at radius 1 is 1.06 bits per heavy atom. The summed E-state index contributed by atoms with van der Waals surface area (Å²) < 4.78 is 1.48. The lowest BCUT2D eigenvalue weighted by atomic mass is 10.1. The zero-order chi connectivity index (χ0) is 23.2. The average Bonchev–Trinajstić information content (AvgIpc) is 2.84. The number of halogens is 1. The van der Waals surface area contributed by atoms with Crippen molar-refractivity contribution in [3.05, 3.63) is 99.3 Å². The number of thioether (sulfide) groups is 1.